The van der Waals surface area contributed by atoms with Gasteiger partial charge in [0.15, 0.2) is 0 Å². The van der Waals surface area contributed by atoms with Crippen molar-refractivity contribution in [3.63, 3.8) is 0 Å². The van der Waals surface area contributed by atoms with Crippen LogP contribution in [0.1, 0.15) is 33.7 Å². The maximum absolute atomic E-state index is 2.43. The second kappa shape index (κ2) is 13.9. The summed E-state index contributed by atoms with van der Waals surface area (Å²) in [5.41, 5.74) is 17.3. The van der Waals surface area contributed by atoms with Gasteiger partial charge in [-0.05, 0) is 133 Å². The predicted molar refractivity (Wildman–Crippen MR) is 266 cm³/mol. The molecule has 0 N–H and O–H groups in total. The van der Waals surface area contributed by atoms with Crippen molar-refractivity contribution < 1.29 is 0 Å². The summed E-state index contributed by atoms with van der Waals surface area (Å²) >= 11 is 0. The van der Waals surface area contributed by atoms with Crippen molar-refractivity contribution in [2.75, 3.05) is 0 Å². The van der Waals surface area contributed by atoms with Gasteiger partial charge in [0.1, 0.15) is 0 Å². The van der Waals surface area contributed by atoms with Gasteiger partial charge in [0, 0.05) is 5.92 Å². The third-order valence-electron chi connectivity index (χ3n) is 13.8. The molecule has 1 unspecified atom stereocenters. The number of rotatable bonds is 5. The molecule has 0 amide bonds. The fraction of sp³-hybridized carbons (Fsp3) is 0.0323. The second-order valence-corrected chi connectivity index (χ2v) is 16.9. The van der Waals surface area contributed by atoms with E-state index in [-0.39, 0.29) is 0 Å². The highest BCUT2D eigenvalue weighted by molar-refractivity contribution is 6.24. The van der Waals surface area contributed by atoms with Gasteiger partial charge in [0.05, 0.1) is 0 Å². The molecule has 0 radical (unpaired) electrons. The third kappa shape index (κ3) is 5.20. The van der Waals surface area contributed by atoms with Crippen LogP contribution in [0.2, 0.25) is 0 Å². The van der Waals surface area contributed by atoms with E-state index in [1.54, 1.807) is 0 Å². The number of fused-ring (bicyclic) bond motifs is 8. The molecule has 0 aromatic heterocycles. The molecule has 288 valence electrons. The van der Waals surface area contributed by atoms with Crippen molar-refractivity contribution in [3.8, 4) is 44.5 Å². The highest BCUT2D eigenvalue weighted by Crippen LogP contribution is 2.53. The average Bonchev–Trinajstić information content (AvgIpc) is 3.67. The summed E-state index contributed by atoms with van der Waals surface area (Å²) in [7, 11) is 0. The maximum Gasteiger partial charge on any atom is 0.0285 e. The molecule has 0 saturated heterocycles. The second-order valence-electron chi connectivity index (χ2n) is 16.9. The fourth-order valence-corrected chi connectivity index (χ4v) is 11.1. The Hall–Kier alpha value is -7.80. The number of hydrogen-bond donors (Lipinski definition) is 0. The minimum absolute atomic E-state index is 0.314. The fourth-order valence-electron chi connectivity index (χ4n) is 11.1. The Morgan fingerprint density at radius 3 is 1.45 bits per heavy atom. The summed E-state index contributed by atoms with van der Waals surface area (Å²) < 4.78 is 0. The summed E-state index contributed by atoms with van der Waals surface area (Å²) in [6, 6.07) is 74.4. The van der Waals surface area contributed by atoms with Crippen LogP contribution in [0.25, 0.3) is 111 Å². The van der Waals surface area contributed by atoms with E-state index in [0.717, 1.165) is 6.42 Å². The summed E-state index contributed by atoms with van der Waals surface area (Å²) in [6.45, 7) is 0. The highest BCUT2D eigenvalue weighted by atomic mass is 14.4. The van der Waals surface area contributed by atoms with Crippen LogP contribution in [-0.4, -0.2) is 0 Å². The molecule has 13 rings (SSSR count). The van der Waals surface area contributed by atoms with Gasteiger partial charge in [0.25, 0.3) is 0 Å². The van der Waals surface area contributed by atoms with Crippen molar-refractivity contribution in [1.82, 2.24) is 0 Å². The first-order valence-electron chi connectivity index (χ1n) is 21.9. The van der Waals surface area contributed by atoms with Crippen LogP contribution >= 0.6 is 0 Å². The molecular weight excluding hydrogens is 745 g/mol. The average molecular weight is 785 g/mol. The topological polar surface area (TPSA) is 0 Å². The molecule has 11 aromatic rings. The first-order valence-corrected chi connectivity index (χ1v) is 21.9. The van der Waals surface area contributed by atoms with E-state index in [2.05, 4.69) is 224 Å². The molecule has 11 aromatic carbocycles. The lowest BCUT2D eigenvalue weighted by molar-refractivity contribution is 0.990. The van der Waals surface area contributed by atoms with Crippen molar-refractivity contribution in [2.24, 2.45) is 0 Å². The predicted octanol–water partition coefficient (Wildman–Crippen LogP) is 16.8. The molecule has 0 nitrogen and oxygen atoms in total. The number of hydrogen-bond acceptors (Lipinski definition) is 0. The van der Waals surface area contributed by atoms with E-state index in [9.17, 15) is 0 Å². The van der Waals surface area contributed by atoms with Crippen molar-refractivity contribution in [1.29, 1.82) is 0 Å². The summed E-state index contributed by atoms with van der Waals surface area (Å²) in [4.78, 5) is 0. The smallest absolute Gasteiger partial charge is 0.0285 e. The van der Waals surface area contributed by atoms with Crippen molar-refractivity contribution in [2.45, 2.75) is 12.3 Å². The Balaban J connectivity index is 0.963. The van der Waals surface area contributed by atoms with E-state index in [4.69, 9.17) is 0 Å². The standard InChI is InChI=1S/C62H40/c1-2-17-42-39(15-1)16-13-28-46(42)50-35-33-40(43-18-3-5-20-45(43)50)31-32-41-34-36-57(47-21-6-4-19-44(41)47)61-52-24-9-11-26-54(52)62(55-27-12-10-25-53(55)61)59-38-37-58-49-23-8-7-22-48(49)51-29-14-30-56(59)60(51)58/h1-29,31-38,51H,30H2/b32-31+. The minimum Gasteiger partial charge on any atom is -0.0832 e. The third-order valence-corrected chi connectivity index (χ3v) is 13.8. The Labute approximate surface area is 361 Å². The first kappa shape index (κ1) is 35.0. The molecular formula is C62H40. The van der Waals surface area contributed by atoms with E-state index in [1.165, 1.54) is 126 Å². The van der Waals surface area contributed by atoms with Crippen LogP contribution in [0, 0.1) is 0 Å². The van der Waals surface area contributed by atoms with Gasteiger partial charge in [-0.2, -0.15) is 0 Å². The lowest BCUT2D eigenvalue weighted by Crippen LogP contribution is -2.05. The summed E-state index contributed by atoms with van der Waals surface area (Å²) in [5, 5.41) is 12.7. The van der Waals surface area contributed by atoms with E-state index >= 15 is 0 Å². The minimum atomic E-state index is 0.314. The van der Waals surface area contributed by atoms with Gasteiger partial charge in [-0.3, -0.25) is 0 Å². The van der Waals surface area contributed by atoms with E-state index in [1.807, 2.05) is 0 Å². The monoisotopic (exact) mass is 784 g/mol. The van der Waals surface area contributed by atoms with Gasteiger partial charge >= 0.3 is 0 Å². The van der Waals surface area contributed by atoms with E-state index < -0.39 is 0 Å². The number of benzene rings is 11. The Bertz CT molecular complexity index is 3660. The maximum atomic E-state index is 2.43. The van der Waals surface area contributed by atoms with Gasteiger partial charge in [-0.25, -0.2) is 0 Å². The van der Waals surface area contributed by atoms with E-state index in [0.29, 0.717) is 5.92 Å². The summed E-state index contributed by atoms with van der Waals surface area (Å²) in [5.74, 6) is 0.314. The Morgan fingerprint density at radius 2 is 0.774 bits per heavy atom. The molecule has 2 aliphatic rings. The molecule has 1 atom stereocenters. The SMILES string of the molecule is C1=CC2c3ccccc3-c3ccc(-c4c5ccccc5c(-c5ccc(/C=C/c6ccc(-c7cccc8ccccc78)c7ccccc67)c6ccccc56)c5ccccc45)c(c32)C1. The van der Waals surface area contributed by atoms with Gasteiger partial charge in [-0.1, -0.05) is 224 Å². The molecule has 0 fully saturated rings. The quantitative estimate of drug-likeness (QED) is 0.0926. The molecule has 2 aliphatic carbocycles. The van der Waals surface area contributed by atoms with Crippen LogP contribution in [0.15, 0.2) is 212 Å². The molecule has 0 spiro atoms. The molecule has 0 bridgehead atoms. The highest BCUT2D eigenvalue weighted by Gasteiger charge is 2.33. The molecule has 0 saturated carbocycles. The molecule has 0 heterocycles. The normalized spacial score (nSPS) is 14.1. The Morgan fingerprint density at radius 1 is 0.323 bits per heavy atom. The van der Waals surface area contributed by atoms with Crippen molar-refractivity contribution >= 4 is 66.0 Å². The lowest BCUT2D eigenvalue weighted by Gasteiger charge is -2.24. The van der Waals surface area contributed by atoms with Gasteiger partial charge in [0.2, 0.25) is 0 Å². The molecule has 0 heteroatoms. The van der Waals surface area contributed by atoms with Crippen LogP contribution in [0.4, 0.5) is 0 Å². The largest absolute Gasteiger partial charge is 0.0832 e. The summed E-state index contributed by atoms with van der Waals surface area (Å²) in [6.07, 6.45) is 10.4. The van der Waals surface area contributed by atoms with Crippen molar-refractivity contribution in [3.05, 3.63) is 240 Å². The van der Waals surface area contributed by atoms with Gasteiger partial charge in [-0.15, -0.1) is 0 Å². The lowest BCUT2D eigenvalue weighted by atomic mass is 9.79. The van der Waals surface area contributed by atoms with Gasteiger partial charge < -0.3 is 0 Å². The zero-order valence-corrected chi connectivity index (χ0v) is 34.1. The number of allylic oxidation sites excluding steroid dienone is 2. The Kier molecular flexibility index (Phi) is 7.84. The zero-order valence-electron chi connectivity index (χ0n) is 34.1. The first-order chi connectivity index (χ1) is 30.8. The van der Waals surface area contributed by atoms with Crippen LogP contribution in [-0.2, 0) is 6.42 Å². The van der Waals surface area contributed by atoms with Crippen LogP contribution in [0.5, 0.6) is 0 Å². The zero-order chi connectivity index (χ0) is 40.7. The van der Waals surface area contributed by atoms with Crippen LogP contribution in [0.3, 0.4) is 0 Å². The van der Waals surface area contributed by atoms with Crippen LogP contribution < -0.4 is 0 Å². The molecule has 62 heavy (non-hydrogen) atoms. The molecule has 0 aliphatic heterocycles.